The summed E-state index contributed by atoms with van der Waals surface area (Å²) >= 11 is 1.87. The Hall–Kier alpha value is -1.98. The van der Waals surface area contributed by atoms with Gasteiger partial charge in [0.05, 0.1) is 5.69 Å². The highest BCUT2D eigenvalue weighted by atomic mass is 32.1. The van der Waals surface area contributed by atoms with Crippen molar-refractivity contribution < 1.29 is 0 Å². The molecule has 1 N–H and O–H groups in total. The van der Waals surface area contributed by atoms with E-state index in [1.54, 1.807) is 0 Å². The van der Waals surface area contributed by atoms with Gasteiger partial charge in [0.1, 0.15) is 5.82 Å². The third kappa shape index (κ3) is 3.14. The molecule has 1 aliphatic carbocycles. The zero-order valence-corrected chi connectivity index (χ0v) is 14.9. The summed E-state index contributed by atoms with van der Waals surface area (Å²) in [5.74, 6) is 1.62. The van der Waals surface area contributed by atoms with Crippen molar-refractivity contribution in [2.75, 3.05) is 6.54 Å². The van der Waals surface area contributed by atoms with Crippen LogP contribution in [0.4, 0.5) is 0 Å². The number of benzene rings is 1. The monoisotopic (exact) mass is 351 g/mol. The molecule has 0 amide bonds. The van der Waals surface area contributed by atoms with Crippen LogP contribution in [0.5, 0.6) is 0 Å². The van der Waals surface area contributed by atoms with Gasteiger partial charge in [-0.15, -0.1) is 11.3 Å². The summed E-state index contributed by atoms with van der Waals surface area (Å²) < 4.78 is 1.34. The highest BCUT2D eigenvalue weighted by Gasteiger charge is 2.25. The fourth-order valence-electron chi connectivity index (χ4n) is 3.71. The lowest BCUT2D eigenvalue weighted by Gasteiger charge is -2.27. The molecule has 0 saturated heterocycles. The van der Waals surface area contributed by atoms with E-state index in [2.05, 4.69) is 40.2 Å². The van der Waals surface area contributed by atoms with Gasteiger partial charge in [0.15, 0.2) is 0 Å². The SMILES string of the molecule is O=c1[nH]c(CC2CC2)nc2c1CCN(Cc1cc3ccccc3s1)C2. The number of rotatable bonds is 4. The quantitative estimate of drug-likeness (QED) is 0.783. The second kappa shape index (κ2) is 6.07. The predicted octanol–water partition coefficient (Wildman–Crippen LogP) is 3.50. The van der Waals surface area contributed by atoms with Gasteiger partial charge < -0.3 is 4.98 Å². The summed E-state index contributed by atoms with van der Waals surface area (Å²) in [4.78, 5) is 24.0. The van der Waals surface area contributed by atoms with E-state index in [-0.39, 0.29) is 5.56 Å². The Balaban J connectivity index is 1.37. The first-order chi connectivity index (χ1) is 12.2. The fourth-order valence-corrected chi connectivity index (χ4v) is 4.81. The molecular weight excluding hydrogens is 330 g/mol. The minimum atomic E-state index is 0.0853. The molecular formula is C20H21N3OS. The number of fused-ring (bicyclic) bond motifs is 2. The summed E-state index contributed by atoms with van der Waals surface area (Å²) in [5, 5.41) is 1.32. The van der Waals surface area contributed by atoms with Crippen molar-refractivity contribution >= 4 is 21.4 Å². The van der Waals surface area contributed by atoms with Crippen LogP contribution in [-0.2, 0) is 25.9 Å². The van der Waals surface area contributed by atoms with E-state index in [1.807, 2.05) is 11.3 Å². The summed E-state index contributed by atoms with van der Waals surface area (Å²) in [7, 11) is 0. The summed E-state index contributed by atoms with van der Waals surface area (Å²) in [6.45, 7) is 2.64. The number of hydrogen-bond acceptors (Lipinski definition) is 4. The first-order valence-corrected chi connectivity index (χ1v) is 9.87. The van der Waals surface area contributed by atoms with Crippen LogP contribution in [0.1, 0.15) is 34.8 Å². The van der Waals surface area contributed by atoms with Crippen LogP contribution in [-0.4, -0.2) is 21.4 Å². The summed E-state index contributed by atoms with van der Waals surface area (Å²) in [5.41, 5.74) is 1.97. The zero-order valence-electron chi connectivity index (χ0n) is 14.1. The molecule has 3 aromatic rings. The molecule has 0 radical (unpaired) electrons. The molecule has 25 heavy (non-hydrogen) atoms. The van der Waals surface area contributed by atoms with Crippen LogP contribution < -0.4 is 5.56 Å². The molecule has 1 aromatic carbocycles. The van der Waals surface area contributed by atoms with Gasteiger partial charge in [-0.1, -0.05) is 18.2 Å². The molecule has 1 fully saturated rings. The molecule has 2 aromatic heterocycles. The average Bonchev–Trinajstić information content (AvgIpc) is 3.31. The third-order valence-corrected chi connectivity index (χ3v) is 6.34. The number of hydrogen-bond donors (Lipinski definition) is 1. The van der Waals surface area contributed by atoms with E-state index in [1.165, 1.54) is 27.8 Å². The molecule has 2 aliphatic rings. The Morgan fingerprint density at radius 2 is 2.16 bits per heavy atom. The number of aromatic amines is 1. The highest BCUT2D eigenvalue weighted by molar-refractivity contribution is 7.19. The van der Waals surface area contributed by atoms with Crippen LogP contribution in [0.15, 0.2) is 35.1 Å². The number of nitrogens with zero attached hydrogens (tertiary/aromatic N) is 2. The molecule has 128 valence electrons. The van der Waals surface area contributed by atoms with Crippen molar-refractivity contribution in [3.8, 4) is 0 Å². The first-order valence-electron chi connectivity index (χ1n) is 9.05. The lowest BCUT2D eigenvalue weighted by Crippen LogP contribution is -2.35. The molecule has 3 heterocycles. The van der Waals surface area contributed by atoms with Crippen LogP contribution in [0.25, 0.3) is 10.1 Å². The van der Waals surface area contributed by atoms with Crippen LogP contribution in [0.3, 0.4) is 0 Å². The second-order valence-corrected chi connectivity index (χ2v) is 8.46. The number of thiophene rings is 1. The van der Waals surface area contributed by atoms with Crippen molar-refractivity contribution in [2.24, 2.45) is 5.92 Å². The molecule has 5 rings (SSSR count). The fraction of sp³-hybridized carbons (Fsp3) is 0.400. The van der Waals surface area contributed by atoms with Crippen LogP contribution in [0.2, 0.25) is 0 Å². The van der Waals surface area contributed by atoms with Gasteiger partial charge in [0, 0.05) is 41.2 Å². The Morgan fingerprint density at radius 3 is 3.00 bits per heavy atom. The van der Waals surface area contributed by atoms with Crippen LogP contribution in [0, 0.1) is 5.92 Å². The maximum atomic E-state index is 12.4. The lowest BCUT2D eigenvalue weighted by atomic mass is 10.1. The molecule has 1 saturated carbocycles. The smallest absolute Gasteiger partial charge is 0.254 e. The Kier molecular flexibility index (Phi) is 3.71. The van der Waals surface area contributed by atoms with E-state index >= 15 is 0 Å². The van der Waals surface area contributed by atoms with E-state index in [0.717, 1.165) is 55.5 Å². The van der Waals surface area contributed by atoms with Gasteiger partial charge in [0.2, 0.25) is 0 Å². The van der Waals surface area contributed by atoms with Crippen molar-refractivity contribution in [1.29, 1.82) is 0 Å². The van der Waals surface area contributed by atoms with E-state index < -0.39 is 0 Å². The Morgan fingerprint density at radius 1 is 1.28 bits per heavy atom. The van der Waals surface area contributed by atoms with Crippen molar-refractivity contribution in [1.82, 2.24) is 14.9 Å². The van der Waals surface area contributed by atoms with Gasteiger partial charge >= 0.3 is 0 Å². The highest BCUT2D eigenvalue weighted by Crippen LogP contribution is 2.32. The second-order valence-electron chi connectivity index (χ2n) is 7.30. The van der Waals surface area contributed by atoms with Crippen molar-refractivity contribution in [3.05, 3.63) is 62.6 Å². The predicted molar refractivity (Wildman–Crippen MR) is 101 cm³/mol. The zero-order chi connectivity index (χ0) is 16.8. The molecule has 0 spiro atoms. The summed E-state index contributed by atoms with van der Waals surface area (Å²) in [6, 6.07) is 10.8. The molecule has 0 unspecified atom stereocenters. The van der Waals surface area contributed by atoms with E-state index in [9.17, 15) is 4.79 Å². The van der Waals surface area contributed by atoms with Gasteiger partial charge in [-0.25, -0.2) is 4.98 Å². The van der Waals surface area contributed by atoms with E-state index in [0.29, 0.717) is 0 Å². The molecule has 0 atom stereocenters. The maximum Gasteiger partial charge on any atom is 0.254 e. The van der Waals surface area contributed by atoms with Gasteiger partial charge in [0.25, 0.3) is 5.56 Å². The first kappa shape index (κ1) is 15.3. The Bertz CT molecular complexity index is 953. The Labute approximate surface area is 150 Å². The van der Waals surface area contributed by atoms with E-state index in [4.69, 9.17) is 4.98 Å². The van der Waals surface area contributed by atoms with Crippen LogP contribution >= 0.6 is 11.3 Å². The standard InChI is InChI=1S/C20H21N3OS/c24-20-16-7-8-23(11-15-10-14-3-1-2-4-18(14)25-15)12-17(16)21-19(22-20)9-13-5-6-13/h1-4,10,13H,5-9,11-12H2,(H,21,22,24). The van der Waals surface area contributed by atoms with Gasteiger partial charge in [-0.05, 0) is 42.7 Å². The minimum absolute atomic E-state index is 0.0853. The van der Waals surface area contributed by atoms with Gasteiger partial charge in [-0.3, -0.25) is 9.69 Å². The van der Waals surface area contributed by atoms with Gasteiger partial charge in [-0.2, -0.15) is 0 Å². The minimum Gasteiger partial charge on any atom is -0.310 e. The average molecular weight is 351 g/mol. The molecule has 5 heteroatoms. The normalized spacial score (nSPS) is 17.8. The maximum absolute atomic E-state index is 12.4. The lowest BCUT2D eigenvalue weighted by molar-refractivity contribution is 0.242. The van der Waals surface area contributed by atoms with Crippen molar-refractivity contribution in [3.63, 3.8) is 0 Å². The molecule has 1 aliphatic heterocycles. The molecule has 4 nitrogen and oxygen atoms in total. The number of aromatic nitrogens is 2. The summed E-state index contributed by atoms with van der Waals surface area (Å²) in [6.07, 6.45) is 4.28. The van der Waals surface area contributed by atoms with Crippen molar-refractivity contribution in [2.45, 2.75) is 38.8 Å². The largest absolute Gasteiger partial charge is 0.310 e. The number of H-pyrrole nitrogens is 1. The number of nitrogens with one attached hydrogen (secondary N) is 1. The third-order valence-electron chi connectivity index (χ3n) is 5.24. The topological polar surface area (TPSA) is 49.0 Å². The molecule has 0 bridgehead atoms.